The lowest BCUT2D eigenvalue weighted by Gasteiger charge is -2.40. The molecule has 1 saturated heterocycles. The summed E-state index contributed by atoms with van der Waals surface area (Å²) in [6.07, 6.45) is 79.6. The molecule has 488 valence electrons. The van der Waals surface area contributed by atoms with Gasteiger partial charge in [-0.2, -0.15) is 0 Å². The highest BCUT2D eigenvalue weighted by atomic mass is 16.7. The van der Waals surface area contributed by atoms with E-state index in [1.807, 2.05) is 6.08 Å². The molecule has 1 aliphatic rings. The van der Waals surface area contributed by atoms with Crippen LogP contribution in [0.1, 0.15) is 361 Å². The second-order valence-corrected chi connectivity index (χ2v) is 25.4. The van der Waals surface area contributed by atoms with Crippen molar-refractivity contribution in [2.45, 2.75) is 403 Å². The Hall–Kier alpha value is -1.85. The third-order valence-corrected chi connectivity index (χ3v) is 17.4. The summed E-state index contributed by atoms with van der Waals surface area (Å²) in [5.74, 6) is -0.181. The van der Waals surface area contributed by atoms with E-state index in [0.29, 0.717) is 6.42 Å². The molecule has 1 aliphatic heterocycles. The third kappa shape index (κ3) is 51.9. The number of aliphatic hydroxyl groups is 5. The van der Waals surface area contributed by atoms with Crippen LogP contribution < -0.4 is 5.32 Å². The van der Waals surface area contributed by atoms with Crippen molar-refractivity contribution < 1.29 is 39.8 Å². The summed E-state index contributed by atoms with van der Waals surface area (Å²) >= 11 is 0. The van der Waals surface area contributed by atoms with Crippen molar-refractivity contribution in [1.29, 1.82) is 0 Å². The van der Waals surface area contributed by atoms with Crippen molar-refractivity contribution in [2.24, 2.45) is 0 Å². The lowest BCUT2D eigenvalue weighted by atomic mass is 9.99. The van der Waals surface area contributed by atoms with E-state index in [1.54, 1.807) is 6.08 Å². The number of ether oxygens (including phenoxy) is 2. The Morgan fingerprint density at radius 2 is 0.723 bits per heavy atom. The lowest BCUT2D eigenvalue weighted by Crippen LogP contribution is -2.60. The first-order chi connectivity index (χ1) is 40.8. The van der Waals surface area contributed by atoms with Crippen molar-refractivity contribution in [3.8, 4) is 0 Å². The summed E-state index contributed by atoms with van der Waals surface area (Å²) in [6, 6.07) is -0.823. The van der Waals surface area contributed by atoms with Gasteiger partial charge in [0.1, 0.15) is 24.4 Å². The summed E-state index contributed by atoms with van der Waals surface area (Å²) in [5.41, 5.74) is 0. The minimum absolute atomic E-state index is 0.181. The largest absolute Gasteiger partial charge is 0.394 e. The van der Waals surface area contributed by atoms with E-state index in [9.17, 15) is 30.3 Å². The second kappa shape index (κ2) is 63.2. The fourth-order valence-corrected chi connectivity index (χ4v) is 11.7. The van der Waals surface area contributed by atoms with Crippen LogP contribution in [-0.4, -0.2) is 87.5 Å². The van der Waals surface area contributed by atoms with Crippen LogP contribution >= 0.6 is 0 Å². The molecule has 6 N–H and O–H groups in total. The topological polar surface area (TPSA) is 149 Å². The molecular weight excluding hydrogens is 1030 g/mol. The van der Waals surface area contributed by atoms with E-state index in [4.69, 9.17) is 9.47 Å². The van der Waals surface area contributed by atoms with Gasteiger partial charge >= 0.3 is 0 Å². The molecule has 0 bridgehead atoms. The van der Waals surface area contributed by atoms with Crippen molar-refractivity contribution in [3.05, 3.63) is 48.6 Å². The predicted octanol–water partition coefficient (Wildman–Crippen LogP) is 20.0. The average Bonchev–Trinajstić information content (AvgIpc) is 3.60. The van der Waals surface area contributed by atoms with Crippen LogP contribution in [0.25, 0.3) is 0 Å². The summed E-state index contributed by atoms with van der Waals surface area (Å²) in [7, 11) is 0. The summed E-state index contributed by atoms with van der Waals surface area (Å²) in [4.78, 5) is 13.1. The fraction of sp³-hybridized carbons (Fsp3) is 0.878. The zero-order chi connectivity index (χ0) is 60.0. The van der Waals surface area contributed by atoms with Crippen LogP contribution in [0.15, 0.2) is 48.6 Å². The molecule has 0 spiro atoms. The number of carbonyl (C=O) groups is 1. The Labute approximate surface area is 514 Å². The van der Waals surface area contributed by atoms with E-state index in [2.05, 4.69) is 55.6 Å². The number of carbonyl (C=O) groups excluding carboxylic acids is 1. The van der Waals surface area contributed by atoms with Crippen LogP contribution in [0.3, 0.4) is 0 Å². The molecule has 83 heavy (non-hydrogen) atoms. The Bertz CT molecular complexity index is 1450. The zero-order valence-corrected chi connectivity index (χ0v) is 54.7. The smallest absolute Gasteiger partial charge is 0.220 e. The number of nitrogens with one attached hydrogen (secondary N) is 1. The maximum absolute atomic E-state index is 13.1. The zero-order valence-electron chi connectivity index (χ0n) is 54.7. The number of amides is 1. The molecule has 1 fully saturated rings. The minimum atomic E-state index is -1.57. The predicted molar refractivity (Wildman–Crippen MR) is 355 cm³/mol. The van der Waals surface area contributed by atoms with Crippen LogP contribution in [0.4, 0.5) is 0 Å². The molecular formula is C74H139NO8. The minimum Gasteiger partial charge on any atom is -0.394 e. The van der Waals surface area contributed by atoms with E-state index >= 15 is 0 Å². The maximum Gasteiger partial charge on any atom is 0.220 e. The van der Waals surface area contributed by atoms with Gasteiger partial charge in [-0.1, -0.05) is 339 Å². The highest BCUT2D eigenvalue weighted by Crippen LogP contribution is 2.23. The van der Waals surface area contributed by atoms with E-state index in [0.717, 1.165) is 44.9 Å². The lowest BCUT2D eigenvalue weighted by molar-refractivity contribution is -0.302. The van der Waals surface area contributed by atoms with Crippen molar-refractivity contribution in [3.63, 3.8) is 0 Å². The van der Waals surface area contributed by atoms with Gasteiger partial charge in [-0.15, -0.1) is 0 Å². The van der Waals surface area contributed by atoms with E-state index in [-0.39, 0.29) is 12.5 Å². The molecule has 9 heteroatoms. The van der Waals surface area contributed by atoms with Crippen molar-refractivity contribution in [2.75, 3.05) is 13.2 Å². The van der Waals surface area contributed by atoms with Crippen molar-refractivity contribution in [1.82, 2.24) is 5.32 Å². The quantitative estimate of drug-likeness (QED) is 0.0261. The maximum atomic E-state index is 13.1. The van der Waals surface area contributed by atoms with Gasteiger partial charge in [-0.3, -0.25) is 4.79 Å². The van der Waals surface area contributed by atoms with Gasteiger partial charge in [-0.25, -0.2) is 0 Å². The highest BCUT2D eigenvalue weighted by molar-refractivity contribution is 5.76. The van der Waals surface area contributed by atoms with Gasteiger partial charge in [0.25, 0.3) is 0 Å². The fourth-order valence-electron chi connectivity index (χ4n) is 11.7. The molecule has 0 aliphatic carbocycles. The summed E-state index contributed by atoms with van der Waals surface area (Å²) < 4.78 is 11.3. The molecule has 1 rings (SSSR count). The summed E-state index contributed by atoms with van der Waals surface area (Å²) in [5, 5.41) is 54.7. The Morgan fingerprint density at radius 1 is 0.410 bits per heavy atom. The molecule has 7 unspecified atom stereocenters. The first kappa shape index (κ1) is 79.2. The molecule has 0 saturated carbocycles. The van der Waals surface area contributed by atoms with E-state index < -0.39 is 49.5 Å². The average molecular weight is 1170 g/mol. The SMILES string of the molecule is CCCCCCCCCCCCCCCCC/C=C\C/C=C\CCCCCCCCCCCCCCCCCCCC(=O)NC(COC1OC(CO)C(O)C(O)C1O)C(O)/C=C/CC/C=C/CCCCCCCCCCCCCCCCC. The van der Waals surface area contributed by atoms with Crippen LogP contribution in [0.5, 0.6) is 0 Å². The highest BCUT2D eigenvalue weighted by Gasteiger charge is 2.44. The first-order valence-corrected chi connectivity index (χ1v) is 36.4. The number of aliphatic hydroxyl groups excluding tert-OH is 5. The van der Waals surface area contributed by atoms with Crippen LogP contribution in [0, 0.1) is 0 Å². The number of hydrogen-bond donors (Lipinski definition) is 6. The van der Waals surface area contributed by atoms with E-state index in [1.165, 1.54) is 295 Å². The Kier molecular flexibility index (Phi) is 60.3. The third-order valence-electron chi connectivity index (χ3n) is 17.4. The molecule has 0 aromatic rings. The molecule has 1 amide bonds. The molecule has 7 atom stereocenters. The Balaban J connectivity index is 2.08. The number of rotatable bonds is 64. The van der Waals surface area contributed by atoms with Gasteiger partial charge in [-0.05, 0) is 64.2 Å². The number of allylic oxidation sites excluding steroid dienone is 7. The molecule has 0 radical (unpaired) electrons. The molecule has 1 heterocycles. The monoisotopic (exact) mass is 1170 g/mol. The van der Waals surface area contributed by atoms with Crippen molar-refractivity contribution >= 4 is 5.91 Å². The van der Waals surface area contributed by atoms with Gasteiger partial charge in [0.2, 0.25) is 5.91 Å². The molecule has 9 nitrogen and oxygen atoms in total. The number of hydrogen-bond acceptors (Lipinski definition) is 8. The van der Waals surface area contributed by atoms with Gasteiger partial charge in [0.05, 0.1) is 25.4 Å². The standard InChI is InChI=1S/C74H139NO8/c1-3-5-7-9-11-13-15-17-19-21-23-25-26-27-28-29-30-31-32-33-34-35-36-37-38-39-40-41-42-44-46-48-50-52-54-56-58-60-62-64-70(78)75-67(66-82-74-73(81)72(80)71(79)69(65-76)83-74)68(77)63-61-59-57-55-53-51-49-47-45-43-24-22-20-18-16-14-12-10-8-6-4-2/h30-31,33-34,53,55,61,63,67-69,71-74,76-77,79-81H,3-29,32,35-52,54,56-60,62,64-66H2,1-2H3,(H,75,78)/b31-30-,34-33-,55-53+,63-61+. The van der Waals surface area contributed by atoms with Gasteiger partial charge < -0.3 is 40.3 Å². The molecule has 0 aromatic heterocycles. The van der Waals surface area contributed by atoms with Gasteiger partial charge in [0, 0.05) is 6.42 Å². The second-order valence-electron chi connectivity index (χ2n) is 25.4. The Morgan fingerprint density at radius 3 is 1.08 bits per heavy atom. The van der Waals surface area contributed by atoms with Gasteiger partial charge in [0.15, 0.2) is 6.29 Å². The summed E-state index contributed by atoms with van der Waals surface area (Å²) in [6.45, 7) is 3.81. The first-order valence-electron chi connectivity index (χ1n) is 36.4. The number of unbranched alkanes of at least 4 members (excludes halogenated alkanes) is 48. The van der Waals surface area contributed by atoms with Crippen LogP contribution in [-0.2, 0) is 14.3 Å². The normalized spacial score (nSPS) is 18.5. The van der Waals surface area contributed by atoms with Crippen LogP contribution in [0.2, 0.25) is 0 Å². The molecule has 0 aromatic carbocycles.